The lowest BCUT2D eigenvalue weighted by atomic mass is 9.88. The molecule has 400 valence electrons. The van der Waals surface area contributed by atoms with Crippen molar-refractivity contribution in [1.82, 2.24) is 0 Å². The van der Waals surface area contributed by atoms with Gasteiger partial charge in [0.15, 0.2) is 93.3 Å². The number of carbonyl (C=O) groups excluding carboxylic acids is 4. The van der Waals surface area contributed by atoms with Crippen LogP contribution in [0.4, 0.5) is 0 Å². The van der Waals surface area contributed by atoms with Crippen LogP contribution in [-0.2, 0) is 23.7 Å². The number of ether oxygens (including phenoxy) is 5. The van der Waals surface area contributed by atoms with E-state index in [0.29, 0.717) is 24.3 Å². The number of aliphatic hydroxyl groups is 1. The quantitative estimate of drug-likeness (QED) is 0.0339. The van der Waals surface area contributed by atoms with Gasteiger partial charge in [0, 0.05) is 44.2 Å². The molecule has 5 atom stereocenters. The second kappa shape index (κ2) is 16.4. The molecule has 3 aliphatic rings. The van der Waals surface area contributed by atoms with E-state index in [1.165, 1.54) is 0 Å². The molecule has 3 aliphatic heterocycles. The van der Waals surface area contributed by atoms with E-state index in [0.717, 1.165) is 0 Å². The minimum Gasteiger partial charge on any atom is -0.504 e. The highest BCUT2D eigenvalue weighted by Crippen LogP contribution is 2.59. The third kappa shape index (κ3) is 6.49. The number of aromatic hydroxyl groups is 16. The van der Waals surface area contributed by atoms with Gasteiger partial charge in [0.05, 0.1) is 27.5 Å². The summed E-state index contributed by atoms with van der Waals surface area (Å²) in [5, 5.41) is 185. The van der Waals surface area contributed by atoms with Crippen LogP contribution in [-0.4, -0.2) is 148 Å². The van der Waals surface area contributed by atoms with E-state index in [4.69, 9.17) is 32.5 Å². The van der Waals surface area contributed by atoms with Crippen LogP contribution >= 0.6 is 0 Å². The maximum Gasteiger partial charge on any atom is 0.345 e. The molecule has 2 aromatic heterocycles. The van der Waals surface area contributed by atoms with E-state index < -0.39 is 253 Å². The molecule has 8 aromatic rings. The van der Waals surface area contributed by atoms with Gasteiger partial charge < -0.3 is 119 Å². The lowest BCUT2D eigenvalue weighted by molar-refractivity contribution is -0.284. The third-order valence-corrected chi connectivity index (χ3v) is 13.2. The van der Waals surface area contributed by atoms with Crippen molar-refractivity contribution in [3.63, 3.8) is 0 Å². The lowest BCUT2D eigenvalue weighted by Gasteiger charge is -2.43. The first-order valence-corrected chi connectivity index (χ1v) is 21.7. The van der Waals surface area contributed by atoms with Gasteiger partial charge in [0.2, 0.25) is 34.5 Å². The maximum atomic E-state index is 14.6. The Kier molecular flexibility index (Phi) is 10.3. The molecular weight excluding hydrogens is 1060 g/mol. The van der Waals surface area contributed by atoms with Crippen molar-refractivity contribution >= 4 is 56.6 Å². The summed E-state index contributed by atoms with van der Waals surface area (Å²) in [5.74, 6) is -31.1. The normalized spacial score (nSPS) is 19.3. The molecule has 1 fully saturated rings. The van der Waals surface area contributed by atoms with Crippen LogP contribution in [0.1, 0.15) is 41.4 Å². The van der Waals surface area contributed by atoms with Crippen LogP contribution in [0.5, 0.6) is 92.0 Å². The van der Waals surface area contributed by atoms with Crippen LogP contribution in [0.2, 0.25) is 0 Å². The van der Waals surface area contributed by atoms with Gasteiger partial charge >= 0.3 is 35.1 Å². The number of phenolic OH excluding ortho intramolecular Hbond substituents is 16. The average Bonchev–Trinajstić information content (AvgIpc) is 3.37. The zero-order valence-corrected chi connectivity index (χ0v) is 37.8. The largest absolute Gasteiger partial charge is 0.504 e. The molecule has 78 heavy (non-hydrogen) atoms. The first-order valence-electron chi connectivity index (χ1n) is 21.7. The summed E-state index contributed by atoms with van der Waals surface area (Å²) in [6.07, 6.45) is -12.8. The molecule has 0 spiro atoms. The second-order valence-corrected chi connectivity index (χ2v) is 17.4. The van der Waals surface area contributed by atoms with Gasteiger partial charge in [-0.05, 0) is 24.3 Å². The molecule has 6 aromatic carbocycles. The number of hydrogen-bond donors (Lipinski definition) is 17. The summed E-state index contributed by atoms with van der Waals surface area (Å²) >= 11 is 0. The summed E-state index contributed by atoms with van der Waals surface area (Å²) in [6.45, 7) is -1.45. The smallest absolute Gasteiger partial charge is 0.345 e. The van der Waals surface area contributed by atoms with E-state index >= 15 is 0 Å². The molecule has 0 amide bonds. The molecule has 8 bridgehead atoms. The standard InChI is InChI=1S/C48H28O30/c49-11-2-7-18(31(59)28(11)56)19-23-21-20-22(46(69)75-39(21)36(64)33(19)61)15(32(60)35(63)38(20)76-47(23)70)6-1-10(25(53)34(62)24(6)52)45(68)74-37-14(5-72-42(7)65)73-48(71)41-40(37)77-43(66)8-3-12(50)26(54)29(57)16(8)17-9(44(67)78-41)4-13(51)27(55)30(17)58/h1-4,14,37,40-41,48-64,71H,5H2/t14?,37?,40?,41-,48?/m1/s1. The monoisotopic (exact) mass is 1080 g/mol. The number of phenols is 16. The zero-order chi connectivity index (χ0) is 56.3. The molecule has 5 heterocycles. The summed E-state index contributed by atoms with van der Waals surface area (Å²) in [5.41, 5.74) is -17.3. The Hall–Kier alpha value is -11.1. The van der Waals surface area contributed by atoms with Crippen molar-refractivity contribution in [1.29, 1.82) is 0 Å². The fourth-order valence-corrected chi connectivity index (χ4v) is 9.68. The Labute approximate surface area is 424 Å². The van der Waals surface area contributed by atoms with Crippen molar-refractivity contribution in [2.75, 3.05) is 6.61 Å². The molecule has 1 saturated heterocycles. The van der Waals surface area contributed by atoms with Crippen molar-refractivity contribution in [3.8, 4) is 125 Å². The molecule has 0 aliphatic carbocycles. The molecular formula is C48H28O30. The van der Waals surface area contributed by atoms with E-state index in [-0.39, 0.29) is 0 Å². The maximum absolute atomic E-state index is 14.6. The lowest BCUT2D eigenvalue weighted by Crippen LogP contribution is -2.62. The number of fused-ring (bicyclic) bond motifs is 11. The summed E-state index contributed by atoms with van der Waals surface area (Å²) in [7, 11) is 0. The number of aliphatic hydroxyl groups excluding tert-OH is 1. The van der Waals surface area contributed by atoms with Crippen LogP contribution in [0.25, 0.3) is 66.1 Å². The average molecular weight is 1080 g/mol. The highest BCUT2D eigenvalue weighted by atomic mass is 16.7. The van der Waals surface area contributed by atoms with Crippen molar-refractivity contribution in [2.24, 2.45) is 0 Å². The minimum atomic E-state index is -2.69. The Morgan fingerprint density at radius 3 is 1.23 bits per heavy atom. The van der Waals surface area contributed by atoms with Crippen LogP contribution in [0, 0.1) is 0 Å². The number of rotatable bonds is 0. The van der Waals surface area contributed by atoms with Gasteiger partial charge in [0.1, 0.15) is 18.3 Å². The third-order valence-electron chi connectivity index (χ3n) is 13.2. The predicted octanol–water partition coefficient (Wildman–Crippen LogP) is 1.96. The van der Waals surface area contributed by atoms with Gasteiger partial charge in [-0.2, -0.15) is 0 Å². The Morgan fingerprint density at radius 2 is 0.731 bits per heavy atom. The van der Waals surface area contributed by atoms with Crippen molar-refractivity contribution < 1.29 is 139 Å². The first-order chi connectivity index (χ1) is 36.8. The van der Waals surface area contributed by atoms with Crippen LogP contribution < -0.4 is 11.3 Å². The Morgan fingerprint density at radius 1 is 0.346 bits per heavy atom. The van der Waals surface area contributed by atoms with Crippen LogP contribution in [0.15, 0.2) is 42.7 Å². The highest BCUT2D eigenvalue weighted by molar-refractivity contribution is 6.29. The minimum absolute atomic E-state index is 0.355. The fraction of sp³-hybridized carbons (Fsp3) is 0.125. The van der Waals surface area contributed by atoms with Crippen molar-refractivity contribution in [3.05, 3.63) is 67.4 Å². The molecule has 17 N–H and O–H groups in total. The number of esters is 4. The zero-order valence-electron chi connectivity index (χ0n) is 37.8. The van der Waals surface area contributed by atoms with Gasteiger partial charge in [-0.15, -0.1) is 0 Å². The summed E-state index contributed by atoms with van der Waals surface area (Å²) < 4.78 is 38.3. The van der Waals surface area contributed by atoms with Gasteiger partial charge in [-0.3, -0.25) is 0 Å². The summed E-state index contributed by atoms with van der Waals surface area (Å²) in [4.78, 5) is 86.0. The van der Waals surface area contributed by atoms with E-state index in [2.05, 4.69) is 0 Å². The SMILES string of the molecule is O=C1OC2C(COC(=O)c3cc(O)c(O)c(O)c3-c3c(O)c(O)c4oc(=O)c5c(c(O)c(O)c6oc(=O)c3c4c65)-c3cc1c(O)c(O)c3O)OC(O)[C@@H]1OC(=O)c3cc(O)c(O)c(O)c3-c3c(cc(O)c(O)c3O)C(=O)OC21. The predicted molar refractivity (Wildman–Crippen MR) is 245 cm³/mol. The molecule has 30 nitrogen and oxygen atoms in total. The topological polar surface area (TPSA) is 519 Å². The van der Waals surface area contributed by atoms with Gasteiger partial charge in [0.25, 0.3) is 0 Å². The highest BCUT2D eigenvalue weighted by Gasteiger charge is 2.54. The number of benzene rings is 6. The van der Waals surface area contributed by atoms with Gasteiger partial charge in [-0.1, -0.05) is 0 Å². The molecule has 4 unspecified atom stereocenters. The fourth-order valence-electron chi connectivity index (χ4n) is 9.68. The Bertz CT molecular complexity index is 4240. The molecule has 30 heteroatoms. The van der Waals surface area contributed by atoms with E-state index in [1.807, 2.05) is 0 Å². The number of hydrogen-bond acceptors (Lipinski definition) is 30. The number of carbonyl (C=O) groups is 4. The molecule has 11 rings (SSSR count). The number of cyclic esters (lactones) is 1. The first kappa shape index (κ1) is 49.1. The summed E-state index contributed by atoms with van der Waals surface area (Å²) in [6, 6.07) is 1.50. The molecule has 0 saturated carbocycles. The second-order valence-electron chi connectivity index (χ2n) is 17.4. The van der Waals surface area contributed by atoms with Gasteiger partial charge in [-0.25, -0.2) is 28.8 Å². The van der Waals surface area contributed by atoms with Crippen molar-refractivity contribution in [2.45, 2.75) is 30.7 Å². The van der Waals surface area contributed by atoms with E-state index in [1.54, 1.807) is 0 Å². The van der Waals surface area contributed by atoms with E-state index in [9.17, 15) is 116 Å². The molecule has 0 radical (unpaired) electrons. The van der Waals surface area contributed by atoms with Crippen LogP contribution in [0.3, 0.4) is 0 Å². The Balaban J connectivity index is 1.20.